The molecule has 0 bridgehead atoms. The highest BCUT2D eigenvalue weighted by atomic mass is 32.1. The number of carbonyl (C=O) groups is 2. The van der Waals surface area contributed by atoms with E-state index in [1.54, 1.807) is 6.92 Å². The molecule has 162 valence electrons. The number of fused-ring (bicyclic) bond motifs is 3. The number of esters is 1. The van der Waals surface area contributed by atoms with Crippen molar-refractivity contribution in [2.24, 2.45) is 0 Å². The van der Waals surface area contributed by atoms with Gasteiger partial charge >= 0.3 is 5.97 Å². The summed E-state index contributed by atoms with van der Waals surface area (Å²) < 4.78 is 5.29. The molecule has 0 unspecified atom stereocenters. The highest BCUT2D eigenvalue weighted by molar-refractivity contribution is 7.21. The minimum atomic E-state index is -0.365. The van der Waals surface area contributed by atoms with Crippen LogP contribution in [0.3, 0.4) is 0 Å². The molecule has 0 saturated heterocycles. The highest BCUT2D eigenvalue weighted by Crippen LogP contribution is 2.40. The Morgan fingerprint density at radius 2 is 1.90 bits per heavy atom. The molecule has 2 aliphatic rings. The molecule has 3 heterocycles. The van der Waals surface area contributed by atoms with Gasteiger partial charge in [-0.25, -0.2) is 9.78 Å². The molecule has 31 heavy (non-hydrogen) atoms. The Labute approximate surface area is 188 Å². The second-order valence-electron chi connectivity index (χ2n) is 8.09. The van der Waals surface area contributed by atoms with Gasteiger partial charge in [0.1, 0.15) is 14.7 Å². The zero-order chi connectivity index (χ0) is 21.5. The lowest BCUT2D eigenvalue weighted by molar-refractivity contribution is 0.0526. The van der Waals surface area contributed by atoms with Crippen molar-refractivity contribution < 1.29 is 14.3 Å². The molecular formula is C23H25N3O3S2. The molecule has 0 spiro atoms. The van der Waals surface area contributed by atoms with Crippen LogP contribution in [-0.2, 0) is 30.4 Å². The summed E-state index contributed by atoms with van der Waals surface area (Å²) in [7, 11) is 0. The molecule has 3 aromatic heterocycles. The number of rotatable bonds is 4. The first kappa shape index (κ1) is 20.5. The van der Waals surface area contributed by atoms with Crippen LogP contribution < -0.4 is 11.1 Å². The molecule has 2 aliphatic carbocycles. The van der Waals surface area contributed by atoms with Crippen molar-refractivity contribution in [1.29, 1.82) is 0 Å². The van der Waals surface area contributed by atoms with Crippen LogP contribution in [0, 0.1) is 0 Å². The van der Waals surface area contributed by atoms with Crippen LogP contribution in [0.2, 0.25) is 0 Å². The Morgan fingerprint density at radius 3 is 2.74 bits per heavy atom. The highest BCUT2D eigenvalue weighted by Gasteiger charge is 2.28. The number of hydrogen-bond acceptors (Lipinski definition) is 7. The van der Waals surface area contributed by atoms with Gasteiger partial charge in [-0.1, -0.05) is 0 Å². The van der Waals surface area contributed by atoms with E-state index in [0.29, 0.717) is 27.7 Å². The summed E-state index contributed by atoms with van der Waals surface area (Å²) >= 11 is 2.81. The molecule has 0 atom stereocenters. The zero-order valence-electron chi connectivity index (χ0n) is 17.5. The summed E-state index contributed by atoms with van der Waals surface area (Å²) in [6, 6.07) is 2.10. The predicted octanol–water partition coefficient (Wildman–Crippen LogP) is 5.13. The van der Waals surface area contributed by atoms with Crippen molar-refractivity contribution in [3.8, 4) is 0 Å². The monoisotopic (exact) mass is 455 g/mol. The molecule has 0 radical (unpaired) electrons. The molecular weight excluding hydrogens is 430 g/mol. The van der Waals surface area contributed by atoms with E-state index >= 15 is 0 Å². The molecule has 3 N–H and O–H groups in total. The Kier molecular flexibility index (Phi) is 5.44. The molecule has 0 saturated carbocycles. The Morgan fingerprint density at radius 1 is 1.13 bits per heavy atom. The molecule has 3 aromatic rings. The lowest BCUT2D eigenvalue weighted by Gasteiger charge is -2.14. The normalized spacial score (nSPS) is 15.4. The van der Waals surface area contributed by atoms with E-state index in [1.165, 1.54) is 33.1 Å². The number of nitrogen functional groups attached to an aromatic ring is 1. The van der Waals surface area contributed by atoms with Crippen LogP contribution >= 0.6 is 22.7 Å². The minimum absolute atomic E-state index is 0.289. The summed E-state index contributed by atoms with van der Waals surface area (Å²) in [5.74, 6) is -0.654. The van der Waals surface area contributed by atoms with Gasteiger partial charge in [0.25, 0.3) is 5.91 Å². The van der Waals surface area contributed by atoms with Gasteiger partial charge in [-0.05, 0) is 75.5 Å². The van der Waals surface area contributed by atoms with Crippen molar-refractivity contribution in [3.05, 3.63) is 38.2 Å². The number of aromatic nitrogens is 1. The summed E-state index contributed by atoms with van der Waals surface area (Å²) in [4.78, 5) is 33.1. The average Bonchev–Trinajstić information content (AvgIpc) is 3.29. The van der Waals surface area contributed by atoms with E-state index < -0.39 is 0 Å². The van der Waals surface area contributed by atoms with Crippen molar-refractivity contribution in [1.82, 2.24) is 4.98 Å². The quantitative estimate of drug-likeness (QED) is 0.532. The lowest BCUT2D eigenvalue weighted by atomic mass is 9.95. The lowest BCUT2D eigenvalue weighted by Crippen LogP contribution is -2.15. The number of amides is 1. The smallest absolute Gasteiger partial charge is 0.341 e. The van der Waals surface area contributed by atoms with E-state index in [4.69, 9.17) is 15.5 Å². The van der Waals surface area contributed by atoms with E-state index in [1.807, 2.05) is 0 Å². The maximum atomic E-state index is 13.2. The van der Waals surface area contributed by atoms with Gasteiger partial charge in [0.15, 0.2) is 0 Å². The van der Waals surface area contributed by atoms with Gasteiger partial charge in [-0.2, -0.15) is 0 Å². The molecule has 5 rings (SSSR count). The third-order valence-corrected chi connectivity index (χ3v) is 8.40. The summed E-state index contributed by atoms with van der Waals surface area (Å²) in [6.07, 6.45) is 8.23. The van der Waals surface area contributed by atoms with Crippen molar-refractivity contribution in [2.45, 2.75) is 58.3 Å². The first-order chi connectivity index (χ1) is 15.1. The van der Waals surface area contributed by atoms with Crippen LogP contribution in [-0.4, -0.2) is 23.5 Å². The van der Waals surface area contributed by atoms with Gasteiger partial charge in [0, 0.05) is 16.0 Å². The summed E-state index contributed by atoms with van der Waals surface area (Å²) in [5.41, 5.74) is 10.8. The number of ether oxygens (including phenoxy) is 1. The maximum absolute atomic E-state index is 13.2. The first-order valence-electron chi connectivity index (χ1n) is 10.9. The molecule has 1 amide bonds. The van der Waals surface area contributed by atoms with Gasteiger partial charge in [-0.15, -0.1) is 22.7 Å². The van der Waals surface area contributed by atoms with Crippen LogP contribution in [0.5, 0.6) is 0 Å². The topological polar surface area (TPSA) is 94.3 Å². The number of aryl methyl sites for hydroxylation is 3. The largest absolute Gasteiger partial charge is 0.462 e. The summed E-state index contributed by atoms with van der Waals surface area (Å²) in [6.45, 7) is 2.09. The van der Waals surface area contributed by atoms with Crippen molar-refractivity contribution in [2.75, 3.05) is 17.7 Å². The summed E-state index contributed by atoms with van der Waals surface area (Å²) in [5, 5.41) is 4.40. The number of hydrogen-bond donors (Lipinski definition) is 2. The number of nitrogens with zero attached hydrogens (tertiary/aromatic N) is 1. The zero-order valence-corrected chi connectivity index (χ0v) is 19.1. The van der Waals surface area contributed by atoms with E-state index in [2.05, 4.69) is 11.4 Å². The second-order valence-corrected chi connectivity index (χ2v) is 10.2. The van der Waals surface area contributed by atoms with Crippen LogP contribution in [0.15, 0.2) is 6.07 Å². The standard InChI is InChI=1S/C23H25N3O3S2/c1-2-29-23(28)17-13-8-4-6-10-16(13)30-22(17)26-20(27)19-18(24)14-11-12-7-3-5-9-15(12)25-21(14)31-19/h11H,2-10,24H2,1H3,(H,26,27). The first-order valence-corrected chi connectivity index (χ1v) is 12.5. The van der Waals surface area contributed by atoms with Gasteiger partial charge in [0.2, 0.25) is 0 Å². The maximum Gasteiger partial charge on any atom is 0.341 e. The van der Waals surface area contributed by atoms with Gasteiger partial charge < -0.3 is 15.8 Å². The van der Waals surface area contributed by atoms with E-state index in [9.17, 15) is 9.59 Å². The fourth-order valence-electron chi connectivity index (χ4n) is 4.56. The van der Waals surface area contributed by atoms with E-state index in [-0.39, 0.29) is 11.9 Å². The van der Waals surface area contributed by atoms with Crippen LogP contribution in [0.1, 0.15) is 74.3 Å². The molecule has 6 nitrogen and oxygen atoms in total. The fourth-order valence-corrected chi connectivity index (χ4v) is 6.83. The Bertz CT molecular complexity index is 1190. The molecule has 8 heteroatoms. The van der Waals surface area contributed by atoms with E-state index in [0.717, 1.165) is 72.8 Å². The number of thiophene rings is 2. The molecule has 0 fully saturated rings. The number of nitrogens with two attached hydrogens (primary N) is 1. The minimum Gasteiger partial charge on any atom is -0.462 e. The second kappa shape index (κ2) is 8.24. The Hall–Kier alpha value is -2.45. The third kappa shape index (κ3) is 3.61. The van der Waals surface area contributed by atoms with Crippen LogP contribution in [0.25, 0.3) is 10.2 Å². The predicted molar refractivity (Wildman–Crippen MR) is 126 cm³/mol. The number of anilines is 2. The molecule has 0 aromatic carbocycles. The SMILES string of the molecule is CCOC(=O)c1c(NC(=O)c2sc3nc4c(cc3c2N)CCCC4)sc2c1CCCC2. The third-order valence-electron chi connectivity index (χ3n) is 6.08. The van der Waals surface area contributed by atoms with Crippen molar-refractivity contribution in [3.63, 3.8) is 0 Å². The van der Waals surface area contributed by atoms with Crippen molar-refractivity contribution >= 4 is 55.5 Å². The van der Waals surface area contributed by atoms with Crippen LogP contribution in [0.4, 0.5) is 10.7 Å². The van der Waals surface area contributed by atoms with Gasteiger partial charge in [-0.3, -0.25) is 4.79 Å². The molecule has 0 aliphatic heterocycles. The Balaban J connectivity index is 1.50. The number of carbonyl (C=O) groups excluding carboxylic acids is 2. The number of nitrogens with one attached hydrogen (secondary N) is 1. The fraction of sp³-hybridized carbons (Fsp3) is 0.435. The average molecular weight is 456 g/mol. The van der Waals surface area contributed by atoms with Gasteiger partial charge in [0.05, 0.1) is 17.9 Å². The number of pyridine rings is 1.